The van der Waals surface area contributed by atoms with Crippen molar-refractivity contribution in [1.29, 1.82) is 0 Å². The second-order valence-corrected chi connectivity index (χ2v) is 5.07. The van der Waals surface area contributed by atoms with Crippen LogP contribution in [0.15, 0.2) is 18.5 Å². The fourth-order valence-corrected chi connectivity index (χ4v) is 2.63. The normalized spacial score (nSPS) is 12.1. The van der Waals surface area contributed by atoms with Crippen LogP contribution in [0.2, 0.25) is 0 Å². The first kappa shape index (κ1) is 16.1. The zero-order valence-corrected chi connectivity index (χ0v) is 12.3. The van der Waals surface area contributed by atoms with Crippen molar-refractivity contribution < 1.29 is 4.39 Å². The van der Waals surface area contributed by atoms with E-state index in [1.165, 1.54) is 6.20 Å². The highest BCUT2D eigenvalue weighted by molar-refractivity contribution is 5.11. The molecule has 0 fully saturated rings. The van der Waals surface area contributed by atoms with Crippen LogP contribution >= 0.6 is 0 Å². The molecule has 0 amide bonds. The Labute approximate surface area is 116 Å². The SMILES string of the molecule is CCCN(Cc1cncc(F)c1)C(CC)(CC)CN. The van der Waals surface area contributed by atoms with Crippen LogP contribution in [0, 0.1) is 5.82 Å². The second kappa shape index (κ2) is 7.56. The number of rotatable bonds is 8. The molecule has 0 radical (unpaired) electrons. The highest BCUT2D eigenvalue weighted by Crippen LogP contribution is 2.25. The van der Waals surface area contributed by atoms with Gasteiger partial charge in [-0.15, -0.1) is 0 Å². The topological polar surface area (TPSA) is 42.2 Å². The van der Waals surface area contributed by atoms with Crippen LogP contribution in [0.1, 0.15) is 45.6 Å². The molecule has 0 aliphatic rings. The van der Waals surface area contributed by atoms with E-state index in [9.17, 15) is 4.39 Å². The molecule has 0 aliphatic heterocycles. The molecule has 0 aliphatic carbocycles. The molecule has 4 heteroatoms. The molecule has 3 nitrogen and oxygen atoms in total. The van der Waals surface area contributed by atoms with E-state index in [2.05, 4.69) is 30.7 Å². The summed E-state index contributed by atoms with van der Waals surface area (Å²) in [5.74, 6) is -0.278. The van der Waals surface area contributed by atoms with Crippen molar-refractivity contribution in [3.05, 3.63) is 29.8 Å². The van der Waals surface area contributed by atoms with E-state index in [0.717, 1.165) is 31.4 Å². The van der Waals surface area contributed by atoms with Gasteiger partial charge >= 0.3 is 0 Å². The zero-order chi connectivity index (χ0) is 14.3. The standard InChI is InChI=1S/C15H26FN3/c1-4-7-19(15(5-2,6-3)12-17)11-13-8-14(16)10-18-9-13/h8-10H,4-7,11-12,17H2,1-3H3. The van der Waals surface area contributed by atoms with E-state index in [-0.39, 0.29) is 11.4 Å². The maximum Gasteiger partial charge on any atom is 0.141 e. The molecule has 1 aromatic rings. The molecule has 1 heterocycles. The van der Waals surface area contributed by atoms with Crippen LogP contribution < -0.4 is 5.73 Å². The smallest absolute Gasteiger partial charge is 0.141 e. The summed E-state index contributed by atoms with van der Waals surface area (Å²) in [7, 11) is 0. The maximum absolute atomic E-state index is 13.2. The lowest BCUT2D eigenvalue weighted by atomic mass is 9.90. The predicted molar refractivity (Wildman–Crippen MR) is 77.3 cm³/mol. The van der Waals surface area contributed by atoms with Crippen molar-refractivity contribution >= 4 is 0 Å². The summed E-state index contributed by atoms with van der Waals surface area (Å²) in [4.78, 5) is 6.30. The summed E-state index contributed by atoms with van der Waals surface area (Å²) < 4.78 is 13.2. The van der Waals surface area contributed by atoms with Crippen molar-refractivity contribution in [2.75, 3.05) is 13.1 Å². The van der Waals surface area contributed by atoms with Gasteiger partial charge in [0.25, 0.3) is 0 Å². The maximum atomic E-state index is 13.2. The van der Waals surface area contributed by atoms with Gasteiger partial charge in [-0.25, -0.2) is 4.39 Å². The lowest BCUT2D eigenvalue weighted by Crippen LogP contribution is -2.53. The highest BCUT2D eigenvalue weighted by atomic mass is 19.1. The first-order chi connectivity index (χ1) is 9.11. The van der Waals surface area contributed by atoms with Gasteiger partial charge < -0.3 is 5.73 Å². The van der Waals surface area contributed by atoms with E-state index < -0.39 is 0 Å². The van der Waals surface area contributed by atoms with Crippen LogP contribution in [-0.4, -0.2) is 28.5 Å². The van der Waals surface area contributed by atoms with Gasteiger partial charge in [0.2, 0.25) is 0 Å². The number of nitrogens with two attached hydrogens (primary N) is 1. The largest absolute Gasteiger partial charge is 0.329 e. The first-order valence-corrected chi connectivity index (χ1v) is 7.16. The molecule has 0 aromatic carbocycles. The van der Waals surface area contributed by atoms with Crippen molar-refractivity contribution in [2.45, 2.75) is 52.1 Å². The van der Waals surface area contributed by atoms with E-state index in [4.69, 9.17) is 5.73 Å². The van der Waals surface area contributed by atoms with Gasteiger partial charge in [0.05, 0.1) is 6.20 Å². The van der Waals surface area contributed by atoms with Crippen molar-refractivity contribution in [2.24, 2.45) is 5.73 Å². The average molecular weight is 267 g/mol. The minimum absolute atomic E-state index is 0.00231. The summed E-state index contributed by atoms with van der Waals surface area (Å²) in [6, 6.07) is 1.56. The molecule has 0 saturated heterocycles. The van der Waals surface area contributed by atoms with Gasteiger partial charge in [-0.3, -0.25) is 9.88 Å². The number of aromatic nitrogens is 1. The first-order valence-electron chi connectivity index (χ1n) is 7.16. The van der Waals surface area contributed by atoms with Crippen LogP contribution in [0.25, 0.3) is 0 Å². The number of hydrogen-bond acceptors (Lipinski definition) is 3. The Morgan fingerprint density at radius 2 is 1.95 bits per heavy atom. The van der Waals surface area contributed by atoms with Crippen molar-refractivity contribution in [3.63, 3.8) is 0 Å². The predicted octanol–water partition coefficient (Wildman–Crippen LogP) is 2.95. The van der Waals surface area contributed by atoms with Gasteiger partial charge in [-0.2, -0.15) is 0 Å². The van der Waals surface area contributed by atoms with Crippen LogP contribution in [0.5, 0.6) is 0 Å². The molecule has 0 spiro atoms. The number of halogens is 1. The van der Waals surface area contributed by atoms with E-state index in [1.54, 1.807) is 12.3 Å². The summed E-state index contributed by atoms with van der Waals surface area (Å²) in [5.41, 5.74) is 6.92. The molecule has 0 saturated carbocycles. The molecule has 2 N–H and O–H groups in total. The van der Waals surface area contributed by atoms with Crippen LogP contribution in [0.3, 0.4) is 0 Å². The Bertz CT molecular complexity index is 369. The lowest BCUT2D eigenvalue weighted by Gasteiger charge is -2.42. The Balaban J connectivity index is 2.93. The summed E-state index contributed by atoms with van der Waals surface area (Å²) in [6.07, 6.45) is 6.04. The van der Waals surface area contributed by atoms with Gasteiger partial charge in [-0.1, -0.05) is 20.8 Å². The number of hydrogen-bond donors (Lipinski definition) is 1. The Morgan fingerprint density at radius 3 is 2.42 bits per heavy atom. The average Bonchev–Trinajstić information content (AvgIpc) is 2.41. The third-order valence-electron chi connectivity index (χ3n) is 4.00. The second-order valence-electron chi connectivity index (χ2n) is 5.07. The number of pyridine rings is 1. The van der Waals surface area contributed by atoms with Crippen LogP contribution in [0.4, 0.5) is 4.39 Å². The number of nitrogens with zero attached hydrogens (tertiary/aromatic N) is 2. The molecule has 108 valence electrons. The Morgan fingerprint density at radius 1 is 1.26 bits per heavy atom. The fraction of sp³-hybridized carbons (Fsp3) is 0.667. The van der Waals surface area contributed by atoms with E-state index >= 15 is 0 Å². The third kappa shape index (κ3) is 3.98. The molecule has 0 atom stereocenters. The summed E-state index contributed by atoms with van der Waals surface area (Å²) >= 11 is 0. The minimum Gasteiger partial charge on any atom is -0.329 e. The Hall–Kier alpha value is -1.00. The van der Waals surface area contributed by atoms with Crippen molar-refractivity contribution in [1.82, 2.24) is 9.88 Å². The zero-order valence-electron chi connectivity index (χ0n) is 12.3. The highest BCUT2D eigenvalue weighted by Gasteiger charge is 2.31. The minimum atomic E-state index is -0.278. The molecule has 1 aromatic heterocycles. The third-order valence-corrected chi connectivity index (χ3v) is 4.00. The monoisotopic (exact) mass is 267 g/mol. The molecule has 0 unspecified atom stereocenters. The molecule has 0 bridgehead atoms. The summed E-state index contributed by atoms with van der Waals surface area (Å²) in [6.45, 7) is 8.80. The van der Waals surface area contributed by atoms with E-state index in [1.807, 2.05) is 0 Å². The molecular weight excluding hydrogens is 241 g/mol. The van der Waals surface area contributed by atoms with Gasteiger partial charge in [-0.05, 0) is 37.4 Å². The van der Waals surface area contributed by atoms with E-state index in [0.29, 0.717) is 13.1 Å². The van der Waals surface area contributed by atoms with Crippen molar-refractivity contribution in [3.8, 4) is 0 Å². The molecule has 19 heavy (non-hydrogen) atoms. The van der Waals surface area contributed by atoms with Gasteiger partial charge in [0.1, 0.15) is 5.82 Å². The molecular formula is C15H26FN3. The molecule has 1 rings (SSSR count). The quantitative estimate of drug-likeness (QED) is 0.787. The lowest BCUT2D eigenvalue weighted by molar-refractivity contribution is 0.0764. The van der Waals surface area contributed by atoms with Gasteiger partial charge in [0.15, 0.2) is 0 Å². The van der Waals surface area contributed by atoms with Crippen LogP contribution in [-0.2, 0) is 6.54 Å². The van der Waals surface area contributed by atoms with Gasteiger partial charge in [0, 0.05) is 24.8 Å². The summed E-state index contributed by atoms with van der Waals surface area (Å²) in [5, 5.41) is 0. The Kier molecular flexibility index (Phi) is 6.38. The fourth-order valence-electron chi connectivity index (χ4n) is 2.63.